The second-order valence-electron chi connectivity index (χ2n) is 4.84. The van der Waals surface area contributed by atoms with E-state index >= 15 is 0 Å². The molecule has 2 rings (SSSR count). The van der Waals surface area contributed by atoms with E-state index in [2.05, 4.69) is 43.3 Å². The molecule has 0 unspecified atom stereocenters. The highest BCUT2D eigenvalue weighted by molar-refractivity contribution is 7.98. The first-order chi connectivity index (χ1) is 10.2. The van der Waals surface area contributed by atoms with E-state index in [1.165, 1.54) is 10.5 Å². The van der Waals surface area contributed by atoms with Crippen LogP contribution < -0.4 is 0 Å². The third kappa shape index (κ3) is 3.88. The van der Waals surface area contributed by atoms with Crippen LogP contribution in [0.2, 0.25) is 0 Å². The summed E-state index contributed by atoms with van der Waals surface area (Å²) in [7, 11) is 0. The third-order valence-corrected chi connectivity index (χ3v) is 4.02. The second kappa shape index (κ2) is 7.32. The summed E-state index contributed by atoms with van der Waals surface area (Å²) >= 11 is 1.70. The van der Waals surface area contributed by atoms with Crippen LogP contribution in [0.15, 0.2) is 57.4 Å². The first-order valence-electron chi connectivity index (χ1n) is 7.13. The molecule has 2 nitrogen and oxygen atoms in total. The van der Waals surface area contributed by atoms with E-state index in [1.807, 2.05) is 31.2 Å². The fourth-order valence-electron chi connectivity index (χ4n) is 1.88. The van der Waals surface area contributed by atoms with Crippen LogP contribution in [0.3, 0.4) is 0 Å². The van der Waals surface area contributed by atoms with Gasteiger partial charge in [-0.2, -0.15) is 0 Å². The van der Waals surface area contributed by atoms with Gasteiger partial charge in [0.05, 0.1) is 0 Å². The van der Waals surface area contributed by atoms with Gasteiger partial charge >= 0.3 is 0 Å². The highest BCUT2D eigenvalue weighted by atomic mass is 32.2. The Morgan fingerprint density at radius 2 is 2.14 bits per heavy atom. The van der Waals surface area contributed by atoms with Crippen molar-refractivity contribution in [2.45, 2.75) is 32.1 Å². The Labute approximate surface area is 130 Å². The summed E-state index contributed by atoms with van der Waals surface area (Å²) in [6.45, 7) is 6.28. The molecule has 0 spiro atoms. The van der Waals surface area contributed by atoms with Crippen LogP contribution in [-0.2, 0) is 0 Å². The van der Waals surface area contributed by atoms with Crippen LogP contribution in [0.5, 0.6) is 0 Å². The molecule has 0 fully saturated rings. The number of rotatable bonds is 5. The predicted octanol–water partition coefficient (Wildman–Crippen LogP) is 5.87. The van der Waals surface area contributed by atoms with Gasteiger partial charge in [0.2, 0.25) is 5.89 Å². The summed E-state index contributed by atoms with van der Waals surface area (Å²) in [5, 5.41) is 0. The largest absolute Gasteiger partial charge is 0.436 e. The number of nitrogens with zero attached hydrogens (tertiary/aromatic N) is 1. The van der Waals surface area contributed by atoms with Crippen LogP contribution in [0.25, 0.3) is 16.7 Å². The molecule has 0 aliphatic carbocycles. The molecule has 0 saturated carbocycles. The monoisotopic (exact) mass is 299 g/mol. The fourth-order valence-corrected chi connectivity index (χ4v) is 2.31. The molecule has 1 heterocycles. The predicted molar refractivity (Wildman–Crippen MR) is 92.6 cm³/mol. The average Bonchev–Trinajstić information content (AvgIpc) is 2.93. The van der Waals surface area contributed by atoms with Gasteiger partial charge in [-0.15, -0.1) is 11.8 Å². The van der Waals surface area contributed by atoms with Crippen molar-refractivity contribution in [2.24, 2.45) is 0 Å². The lowest BCUT2D eigenvalue weighted by Gasteiger charge is -1.96. The van der Waals surface area contributed by atoms with Gasteiger partial charge in [-0.25, -0.2) is 4.98 Å². The van der Waals surface area contributed by atoms with Crippen molar-refractivity contribution in [3.63, 3.8) is 0 Å². The van der Waals surface area contributed by atoms with Gasteiger partial charge < -0.3 is 4.42 Å². The highest BCUT2D eigenvalue weighted by Gasteiger charge is 2.08. The smallest absolute Gasteiger partial charge is 0.227 e. The lowest BCUT2D eigenvalue weighted by atomic mass is 10.1. The van der Waals surface area contributed by atoms with Gasteiger partial charge in [0.25, 0.3) is 0 Å². The van der Waals surface area contributed by atoms with Crippen LogP contribution in [0.4, 0.5) is 0 Å². The van der Waals surface area contributed by atoms with Crippen LogP contribution in [0.1, 0.15) is 33.1 Å². The number of thioether (sulfide) groups is 1. The number of aromatic nitrogens is 1. The zero-order chi connectivity index (χ0) is 15.2. The normalized spacial score (nSPS) is 13.5. The van der Waals surface area contributed by atoms with Gasteiger partial charge in [-0.05, 0) is 50.8 Å². The molecule has 0 saturated heterocycles. The lowest BCUT2D eigenvalue weighted by molar-refractivity contribution is 0.585. The summed E-state index contributed by atoms with van der Waals surface area (Å²) in [6.07, 6.45) is 11.3. The fraction of sp³-hybridized carbons (Fsp3) is 0.278. The molecule has 110 valence electrons. The van der Waals surface area contributed by atoms with E-state index in [4.69, 9.17) is 4.42 Å². The van der Waals surface area contributed by atoms with Crippen molar-refractivity contribution < 1.29 is 4.42 Å². The molecule has 2 aromatic rings. The Morgan fingerprint density at radius 3 is 2.81 bits per heavy atom. The van der Waals surface area contributed by atoms with Gasteiger partial charge in [-0.3, -0.25) is 0 Å². The molecule has 0 radical (unpaired) electrons. The van der Waals surface area contributed by atoms with Gasteiger partial charge in [0.1, 0.15) is 5.52 Å². The van der Waals surface area contributed by atoms with Crippen molar-refractivity contribution in [3.05, 3.63) is 54.0 Å². The maximum Gasteiger partial charge on any atom is 0.227 e. The van der Waals surface area contributed by atoms with E-state index < -0.39 is 0 Å². The van der Waals surface area contributed by atoms with Crippen molar-refractivity contribution in [1.82, 2.24) is 4.98 Å². The Kier molecular flexibility index (Phi) is 5.45. The van der Waals surface area contributed by atoms with Crippen molar-refractivity contribution >= 4 is 28.4 Å². The van der Waals surface area contributed by atoms with E-state index in [9.17, 15) is 0 Å². The summed E-state index contributed by atoms with van der Waals surface area (Å²) in [5.41, 5.74) is 4.06. The molecule has 0 bridgehead atoms. The Hall–Kier alpha value is -1.74. The second-order valence-corrected chi connectivity index (χ2v) is 5.72. The Morgan fingerprint density at radius 1 is 1.33 bits per heavy atom. The minimum absolute atomic E-state index is 0.668. The average molecular weight is 299 g/mol. The minimum Gasteiger partial charge on any atom is -0.436 e. The number of hydrogen-bond donors (Lipinski definition) is 0. The molecule has 3 heteroatoms. The van der Waals surface area contributed by atoms with Crippen LogP contribution in [-0.4, -0.2) is 11.2 Å². The van der Waals surface area contributed by atoms with Gasteiger partial charge in [0.15, 0.2) is 5.58 Å². The quantitative estimate of drug-likeness (QED) is 0.510. The van der Waals surface area contributed by atoms with Crippen molar-refractivity contribution in [3.8, 4) is 0 Å². The van der Waals surface area contributed by atoms with Gasteiger partial charge in [-0.1, -0.05) is 30.7 Å². The maximum atomic E-state index is 5.92. The number of oxazole rings is 1. The zero-order valence-electron chi connectivity index (χ0n) is 13.0. The third-order valence-electron chi connectivity index (χ3n) is 3.29. The first kappa shape index (κ1) is 15.6. The molecule has 0 atom stereocenters. The summed E-state index contributed by atoms with van der Waals surface area (Å²) in [6, 6.07) is 6.12. The number of allylic oxidation sites excluding steroid dienone is 6. The molecule has 0 aliphatic rings. The molecular weight excluding hydrogens is 278 g/mol. The summed E-state index contributed by atoms with van der Waals surface area (Å²) < 4.78 is 5.92. The topological polar surface area (TPSA) is 26.0 Å². The molecule has 21 heavy (non-hydrogen) atoms. The van der Waals surface area contributed by atoms with E-state index in [1.54, 1.807) is 11.8 Å². The van der Waals surface area contributed by atoms with Crippen LogP contribution >= 0.6 is 11.8 Å². The summed E-state index contributed by atoms with van der Waals surface area (Å²) in [4.78, 5) is 5.77. The molecule has 1 aromatic carbocycles. The Balaban J connectivity index is 2.45. The number of fused-ring (bicyclic) bond motifs is 1. The zero-order valence-corrected chi connectivity index (χ0v) is 13.8. The lowest BCUT2D eigenvalue weighted by Crippen LogP contribution is -1.80. The molecule has 0 aliphatic heterocycles. The van der Waals surface area contributed by atoms with Crippen molar-refractivity contribution in [1.29, 1.82) is 0 Å². The maximum absolute atomic E-state index is 5.92. The number of benzene rings is 1. The first-order valence-corrected chi connectivity index (χ1v) is 8.35. The van der Waals surface area contributed by atoms with E-state index in [0.717, 1.165) is 23.1 Å². The molecule has 1 aromatic heterocycles. The summed E-state index contributed by atoms with van der Waals surface area (Å²) in [5.74, 6) is 0.668. The highest BCUT2D eigenvalue weighted by Crippen LogP contribution is 2.26. The van der Waals surface area contributed by atoms with Crippen LogP contribution in [0, 0.1) is 0 Å². The SMILES string of the molecule is C\C=C/C(=C\C=C(\C)CC)c1nc2ccc(SC)cc2o1. The standard InChI is InChI=1S/C18H21NOS/c1-5-7-14(9-8-13(3)6-2)18-19-16-11-10-15(21-4)12-17(16)20-18/h5,7-12H,6H2,1-4H3/b7-5-,13-8-,14-9+. The van der Waals surface area contributed by atoms with Gasteiger partial charge in [0, 0.05) is 10.5 Å². The minimum atomic E-state index is 0.668. The van der Waals surface area contributed by atoms with E-state index in [-0.39, 0.29) is 0 Å². The molecule has 0 amide bonds. The molecule has 0 N–H and O–H groups in total. The number of hydrogen-bond acceptors (Lipinski definition) is 3. The molecular formula is C18H21NOS. The van der Waals surface area contributed by atoms with Crippen molar-refractivity contribution in [2.75, 3.05) is 6.26 Å². The van der Waals surface area contributed by atoms with E-state index in [0.29, 0.717) is 5.89 Å². The Bertz CT molecular complexity index is 707.